The molecule has 2 fully saturated rings. The Hall–Kier alpha value is -0.120. The highest BCUT2D eigenvalue weighted by Crippen LogP contribution is 2.39. The third kappa shape index (κ3) is 2.13. The average molecular weight is 226 g/mol. The molecule has 3 unspecified atom stereocenters. The van der Waals surface area contributed by atoms with E-state index in [2.05, 4.69) is 31.1 Å². The number of nitrogens with zero attached hydrogens (tertiary/aromatic N) is 1. The number of aliphatic hydroxyl groups is 1. The van der Waals surface area contributed by atoms with Crippen molar-refractivity contribution in [3.63, 3.8) is 0 Å². The van der Waals surface area contributed by atoms with Crippen molar-refractivity contribution < 1.29 is 5.11 Å². The fraction of sp³-hybridized carbons (Fsp3) is 1.00. The molecule has 0 aromatic rings. The predicted molar refractivity (Wildman–Crippen MR) is 66.5 cm³/mol. The van der Waals surface area contributed by atoms with E-state index in [1.54, 1.807) is 0 Å². The average Bonchev–Trinajstić information content (AvgIpc) is 2.54. The van der Waals surface area contributed by atoms with Crippen molar-refractivity contribution in [2.24, 2.45) is 0 Å². The Kier molecular flexibility index (Phi) is 3.57. The molecule has 0 radical (unpaired) electrons. The lowest BCUT2D eigenvalue weighted by Gasteiger charge is -2.46. The van der Waals surface area contributed by atoms with Crippen molar-refractivity contribution in [2.75, 3.05) is 13.7 Å². The van der Waals surface area contributed by atoms with Gasteiger partial charge in [-0.3, -0.25) is 0 Å². The Labute approximate surface area is 99.2 Å². The van der Waals surface area contributed by atoms with Crippen LogP contribution in [-0.4, -0.2) is 47.3 Å². The van der Waals surface area contributed by atoms with Gasteiger partial charge in [0.15, 0.2) is 0 Å². The Balaban J connectivity index is 2.06. The molecule has 2 N–H and O–H groups in total. The molecule has 94 valence electrons. The van der Waals surface area contributed by atoms with Gasteiger partial charge in [-0.15, -0.1) is 0 Å². The minimum absolute atomic E-state index is 0.00618. The molecule has 16 heavy (non-hydrogen) atoms. The number of hydrogen-bond acceptors (Lipinski definition) is 3. The highest BCUT2D eigenvalue weighted by Gasteiger charge is 2.46. The van der Waals surface area contributed by atoms with Crippen LogP contribution in [0.4, 0.5) is 0 Å². The molecule has 0 saturated carbocycles. The Morgan fingerprint density at radius 2 is 1.94 bits per heavy atom. The largest absolute Gasteiger partial charge is 0.394 e. The van der Waals surface area contributed by atoms with Gasteiger partial charge in [0.25, 0.3) is 0 Å². The van der Waals surface area contributed by atoms with E-state index < -0.39 is 0 Å². The van der Waals surface area contributed by atoms with Gasteiger partial charge in [-0.1, -0.05) is 6.92 Å². The molecule has 0 spiro atoms. The molecule has 2 saturated heterocycles. The van der Waals surface area contributed by atoms with Crippen molar-refractivity contribution in [1.29, 1.82) is 0 Å². The van der Waals surface area contributed by atoms with E-state index in [9.17, 15) is 5.11 Å². The number of hydrogen-bond donors (Lipinski definition) is 2. The third-order valence-electron chi connectivity index (χ3n) is 4.71. The number of aliphatic hydroxyl groups excluding tert-OH is 1. The maximum absolute atomic E-state index is 9.75. The second kappa shape index (κ2) is 4.63. The number of rotatable bonds is 4. The highest BCUT2D eigenvalue weighted by atomic mass is 16.3. The quantitative estimate of drug-likeness (QED) is 0.760. The van der Waals surface area contributed by atoms with E-state index >= 15 is 0 Å². The maximum Gasteiger partial charge on any atom is 0.0614 e. The van der Waals surface area contributed by atoms with E-state index in [1.165, 1.54) is 12.8 Å². The first-order chi connectivity index (χ1) is 7.60. The molecule has 3 atom stereocenters. The summed E-state index contributed by atoms with van der Waals surface area (Å²) in [5.41, 5.74) is -0.00618. The van der Waals surface area contributed by atoms with Crippen LogP contribution in [0.3, 0.4) is 0 Å². The normalized spacial score (nSPS) is 41.2. The van der Waals surface area contributed by atoms with Gasteiger partial charge >= 0.3 is 0 Å². The van der Waals surface area contributed by atoms with Gasteiger partial charge < -0.3 is 15.3 Å². The molecule has 0 aromatic carbocycles. The molecular formula is C13H26N2O. The van der Waals surface area contributed by atoms with Crippen molar-refractivity contribution >= 4 is 0 Å². The van der Waals surface area contributed by atoms with E-state index in [0.29, 0.717) is 18.1 Å². The molecule has 0 amide bonds. The van der Waals surface area contributed by atoms with Gasteiger partial charge in [-0.25, -0.2) is 0 Å². The standard InChI is InChI=1S/C13H26N2O/c1-4-10(2)14-13(9-16)7-11-5-6-12(8-13)15(11)3/h10-12,14,16H,4-9H2,1-3H3. The Morgan fingerprint density at radius 3 is 2.38 bits per heavy atom. The zero-order valence-electron chi connectivity index (χ0n) is 10.9. The summed E-state index contributed by atoms with van der Waals surface area (Å²) in [6.07, 6.45) is 5.98. The van der Waals surface area contributed by atoms with Gasteiger partial charge in [0.05, 0.1) is 6.61 Å². The molecule has 2 bridgehead atoms. The first kappa shape index (κ1) is 12.3. The minimum Gasteiger partial charge on any atom is -0.394 e. The van der Waals surface area contributed by atoms with Gasteiger partial charge in [-0.2, -0.15) is 0 Å². The minimum atomic E-state index is -0.00618. The fourth-order valence-corrected chi connectivity index (χ4v) is 3.49. The summed E-state index contributed by atoms with van der Waals surface area (Å²) < 4.78 is 0. The zero-order chi connectivity index (χ0) is 11.8. The topological polar surface area (TPSA) is 35.5 Å². The van der Waals surface area contributed by atoms with Gasteiger partial charge in [0, 0.05) is 23.7 Å². The van der Waals surface area contributed by atoms with Crippen molar-refractivity contribution in [1.82, 2.24) is 10.2 Å². The molecule has 0 aliphatic carbocycles. The Morgan fingerprint density at radius 1 is 1.38 bits per heavy atom. The molecule has 0 aromatic heterocycles. The maximum atomic E-state index is 9.75. The summed E-state index contributed by atoms with van der Waals surface area (Å²) in [5.74, 6) is 0. The SMILES string of the molecule is CCC(C)NC1(CO)CC2CCC(C1)N2C. The van der Waals surface area contributed by atoms with Crippen LogP contribution in [0.2, 0.25) is 0 Å². The van der Waals surface area contributed by atoms with Gasteiger partial charge in [-0.05, 0) is 46.1 Å². The molecule has 3 nitrogen and oxygen atoms in total. The van der Waals surface area contributed by atoms with Crippen LogP contribution < -0.4 is 5.32 Å². The summed E-state index contributed by atoms with van der Waals surface area (Å²) in [4.78, 5) is 2.52. The second-order valence-corrected chi connectivity index (χ2v) is 5.85. The number of fused-ring (bicyclic) bond motifs is 2. The van der Waals surface area contributed by atoms with Crippen LogP contribution in [0.1, 0.15) is 46.0 Å². The number of nitrogens with one attached hydrogen (secondary N) is 1. The van der Waals surface area contributed by atoms with Crippen molar-refractivity contribution in [3.8, 4) is 0 Å². The summed E-state index contributed by atoms with van der Waals surface area (Å²) >= 11 is 0. The van der Waals surface area contributed by atoms with Gasteiger partial charge in [0.2, 0.25) is 0 Å². The highest BCUT2D eigenvalue weighted by molar-refractivity contribution is 5.05. The Bertz CT molecular complexity index is 230. The second-order valence-electron chi connectivity index (χ2n) is 5.85. The summed E-state index contributed by atoms with van der Waals surface area (Å²) in [7, 11) is 2.24. The molecular weight excluding hydrogens is 200 g/mol. The fourth-order valence-electron chi connectivity index (χ4n) is 3.49. The summed E-state index contributed by atoms with van der Waals surface area (Å²) in [5, 5.41) is 13.4. The van der Waals surface area contributed by atoms with E-state index in [1.807, 2.05) is 0 Å². The van der Waals surface area contributed by atoms with Crippen molar-refractivity contribution in [3.05, 3.63) is 0 Å². The van der Waals surface area contributed by atoms with Crippen LogP contribution >= 0.6 is 0 Å². The first-order valence-electron chi connectivity index (χ1n) is 6.70. The lowest BCUT2D eigenvalue weighted by molar-refractivity contribution is 0.0409. The zero-order valence-corrected chi connectivity index (χ0v) is 10.9. The smallest absolute Gasteiger partial charge is 0.0614 e. The first-order valence-corrected chi connectivity index (χ1v) is 6.70. The van der Waals surface area contributed by atoms with Gasteiger partial charge in [0.1, 0.15) is 0 Å². The van der Waals surface area contributed by atoms with Crippen LogP contribution in [-0.2, 0) is 0 Å². The van der Waals surface area contributed by atoms with Crippen molar-refractivity contribution in [2.45, 2.75) is 69.6 Å². The predicted octanol–water partition coefficient (Wildman–Crippen LogP) is 1.36. The van der Waals surface area contributed by atoms with Crippen LogP contribution in [0.15, 0.2) is 0 Å². The molecule has 2 aliphatic heterocycles. The molecule has 2 aliphatic rings. The van der Waals surface area contributed by atoms with E-state index in [4.69, 9.17) is 0 Å². The lowest BCUT2D eigenvalue weighted by atomic mass is 9.83. The molecule has 2 heterocycles. The molecule has 2 rings (SSSR count). The summed E-state index contributed by atoms with van der Waals surface area (Å²) in [6, 6.07) is 1.87. The lowest BCUT2D eigenvalue weighted by Crippen LogP contribution is -2.60. The molecule has 3 heteroatoms. The van der Waals surface area contributed by atoms with Crippen LogP contribution in [0, 0.1) is 0 Å². The van der Waals surface area contributed by atoms with E-state index in [0.717, 1.165) is 19.3 Å². The third-order valence-corrected chi connectivity index (χ3v) is 4.71. The van der Waals surface area contributed by atoms with E-state index in [-0.39, 0.29) is 12.1 Å². The summed E-state index contributed by atoms with van der Waals surface area (Å²) in [6.45, 7) is 4.71. The van der Waals surface area contributed by atoms with Crippen LogP contribution in [0.5, 0.6) is 0 Å². The van der Waals surface area contributed by atoms with Crippen LogP contribution in [0.25, 0.3) is 0 Å². The monoisotopic (exact) mass is 226 g/mol. The number of piperidine rings is 1.